The molecule has 0 atom stereocenters. The summed E-state index contributed by atoms with van der Waals surface area (Å²) in [4.78, 5) is 0. The third-order valence-corrected chi connectivity index (χ3v) is 5.23. The van der Waals surface area contributed by atoms with Crippen LogP contribution in [0.3, 0.4) is 0 Å². The summed E-state index contributed by atoms with van der Waals surface area (Å²) in [6, 6.07) is 0. The Morgan fingerprint density at radius 3 is 2.07 bits per heavy atom. The lowest BCUT2D eigenvalue weighted by atomic mass is 10.5. The number of morpholine rings is 1. The number of ether oxygens (including phenoxy) is 1. The van der Waals surface area contributed by atoms with E-state index in [1.807, 2.05) is 0 Å². The van der Waals surface area contributed by atoms with E-state index in [1.165, 1.54) is 4.31 Å². The van der Waals surface area contributed by atoms with Crippen molar-refractivity contribution in [3.8, 4) is 0 Å². The Hall–Kier alpha value is 0.110. The second-order valence-corrected chi connectivity index (χ2v) is 8.06. The predicted molar refractivity (Wildman–Crippen MR) is 55.8 cm³/mol. The molecule has 0 aliphatic carbocycles. The van der Waals surface area contributed by atoms with E-state index in [4.69, 9.17) is 15.4 Å². The number of halogens is 1. The Labute approximate surface area is 93.6 Å². The first-order valence-electron chi connectivity index (χ1n) is 4.29. The lowest BCUT2D eigenvalue weighted by Crippen LogP contribution is -2.42. The highest BCUT2D eigenvalue weighted by Gasteiger charge is 2.25. The fourth-order valence-corrected chi connectivity index (χ4v) is 4.33. The molecule has 1 saturated heterocycles. The van der Waals surface area contributed by atoms with Crippen LogP contribution in [0, 0.1) is 0 Å². The molecule has 0 unspecified atom stereocenters. The first kappa shape index (κ1) is 13.2. The van der Waals surface area contributed by atoms with Crippen LogP contribution in [0.15, 0.2) is 0 Å². The van der Waals surface area contributed by atoms with E-state index in [0.29, 0.717) is 13.2 Å². The summed E-state index contributed by atoms with van der Waals surface area (Å²) in [5, 5.41) is 0. The summed E-state index contributed by atoms with van der Waals surface area (Å²) in [5.41, 5.74) is 0. The van der Waals surface area contributed by atoms with Crippen molar-refractivity contribution in [2.75, 3.05) is 37.8 Å². The normalized spacial score (nSPS) is 20.3. The van der Waals surface area contributed by atoms with Crippen molar-refractivity contribution >= 4 is 29.8 Å². The van der Waals surface area contributed by atoms with Gasteiger partial charge in [-0.1, -0.05) is 0 Å². The van der Waals surface area contributed by atoms with Gasteiger partial charge >= 0.3 is 0 Å². The van der Waals surface area contributed by atoms with Gasteiger partial charge in [-0.3, -0.25) is 0 Å². The highest BCUT2D eigenvalue weighted by molar-refractivity contribution is 8.14. The third-order valence-electron chi connectivity index (χ3n) is 1.95. The molecule has 1 fully saturated rings. The molecule has 15 heavy (non-hydrogen) atoms. The van der Waals surface area contributed by atoms with E-state index < -0.39 is 30.6 Å². The Morgan fingerprint density at radius 1 is 1.07 bits per heavy atom. The largest absolute Gasteiger partial charge is 0.379 e. The van der Waals surface area contributed by atoms with Gasteiger partial charge in [0.25, 0.3) is 0 Å². The molecule has 0 bridgehead atoms. The molecule has 90 valence electrons. The lowest BCUT2D eigenvalue weighted by Gasteiger charge is -2.25. The maximum atomic E-state index is 11.6. The summed E-state index contributed by atoms with van der Waals surface area (Å²) in [6.07, 6.45) is 0. The Morgan fingerprint density at radius 2 is 1.60 bits per heavy atom. The molecule has 1 aliphatic heterocycles. The summed E-state index contributed by atoms with van der Waals surface area (Å²) >= 11 is 0. The number of rotatable bonds is 4. The van der Waals surface area contributed by atoms with E-state index in [1.54, 1.807) is 0 Å². The second-order valence-electron chi connectivity index (χ2n) is 3.07. The van der Waals surface area contributed by atoms with Gasteiger partial charge in [-0.05, 0) is 0 Å². The molecular formula is C6H12ClNO5S2. The van der Waals surface area contributed by atoms with Crippen LogP contribution in [0.4, 0.5) is 0 Å². The van der Waals surface area contributed by atoms with Crippen molar-refractivity contribution in [2.45, 2.75) is 0 Å². The van der Waals surface area contributed by atoms with E-state index >= 15 is 0 Å². The zero-order valence-corrected chi connectivity index (χ0v) is 10.3. The summed E-state index contributed by atoms with van der Waals surface area (Å²) in [5.74, 6) is -1.03. The van der Waals surface area contributed by atoms with Crippen LogP contribution >= 0.6 is 10.7 Å². The minimum absolute atomic E-state index is 0.269. The molecule has 0 amide bonds. The first-order valence-corrected chi connectivity index (χ1v) is 8.38. The Bertz CT molecular complexity index is 397. The fourth-order valence-electron chi connectivity index (χ4n) is 1.16. The number of sulfonamides is 1. The van der Waals surface area contributed by atoms with Gasteiger partial charge < -0.3 is 4.74 Å². The van der Waals surface area contributed by atoms with Gasteiger partial charge in [-0.15, -0.1) is 0 Å². The average molecular weight is 278 g/mol. The predicted octanol–water partition coefficient (Wildman–Crippen LogP) is -0.783. The van der Waals surface area contributed by atoms with Crippen LogP contribution in [0.5, 0.6) is 0 Å². The molecule has 9 heteroatoms. The standard InChI is InChI=1S/C6H12ClNO5S2/c7-14(9,10)5-6-15(11,12)8-1-3-13-4-2-8/h1-6H2. The number of nitrogens with zero attached hydrogens (tertiary/aromatic N) is 1. The van der Waals surface area contributed by atoms with Crippen molar-refractivity contribution in [3.63, 3.8) is 0 Å². The highest BCUT2D eigenvalue weighted by Crippen LogP contribution is 2.07. The highest BCUT2D eigenvalue weighted by atomic mass is 35.7. The van der Waals surface area contributed by atoms with Gasteiger partial charge in [-0.25, -0.2) is 16.8 Å². The van der Waals surface area contributed by atoms with Gasteiger partial charge in [0, 0.05) is 23.8 Å². The molecule has 1 heterocycles. The number of hydrogen-bond acceptors (Lipinski definition) is 5. The summed E-state index contributed by atoms with van der Waals surface area (Å²) < 4.78 is 50.6. The topological polar surface area (TPSA) is 80.8 Å². The van der Waals surface area contributed by atoms with E-state index in [0.717, 1.165) is 0 Å². The van der Waals surface area contributed by atoms with Gasteiger partial charge in [0.15, 0.2) is 0 Å². The van der Waals surface area contributed by atoms with Crippen molar-refractivity contribution in [1.29, 1.82) is 0 Å². The van der Waals surface area contributed by atoms with Gasteiger partial charge in [-0.2, -0.15) is 4.31 Å². The van der Waals surface area contributed by atoms with Crippen molar-refractivity contribution in [3.05, 3.63) is 0 Å². The molecular weight excluding hydrogens is 266 g/mol. The zero-order valence-electron chi connectivity index (χ0n) is 7.93. The maximum Gasteiger partial charge on any atom is 0.233 e. The van der Waals surface area contributed by atoms with Crippen molar-refractivity contribution in [2.24, 2.45) is 0 Å². The molecule has 1 aliphatic rings. The summed E-state index contributed by atoms with van der Waals surface area (Å²) in [6.45, 7) is 1.22. The molecule has 0 aromatic carbocycles. The minimum Gasteiger partial charge on any atom is -0.379 e. The van der Waals surface area contributed by atoms with E-state index in [9.17, 15) is 16.8 Å². The van der Waals surface area contributed by atoms with Gasteiger partial charge in [0.2, 0.25) is 19.1 Å². The molecule has 0 radical (unpaired) electrons. The van der Waals surface area contributed by atoms with Crippen molar-refractivity contribution in [1.82, 2.24) is 4.31 Å². The molecule has 6 nitrogen and oxygen atoms in total. The lowest BCUT2D eigenvalue weighted by molar-refractivity contribution is 0.0731. The van der Waals surface area contributed by atoms with Gasteiger partial charge in [0.05, 0.1) is 24.7 Å². The average Bonchev–Trinajstić information content (AvgIpc) is 2.16. The van der Waals surface area contributed by atoms with E-state index in [-0.39, 0.29) is 13.1 Å². The fraction of sp³-hybridized carbons (Fsp3) is 1.00. The van der Waals surface area contributed by atoms with Crippen LogP contribution in [0.2, 0.25) is 0 Å². The molecule has 0 N–H and O–H groups in total. The molecule has 0 aromatic heterocycles. The summed E-state index contributed by atoms with van der Waals surface area (Å²) in [7, 11) is -2.34. The molecule has 0 aromatic rings. The molecule has 1 rings (SSSR count). The third kappa shape index (κ3) is 4.64. The van der Waals surface area contributed by atoms with Crippen LogP contribution in [0.1, 0.15) is 0 Å². The second kappa shape index (κ2) is 4.96. The van der Waals surface area contributed by atoms with Crippen LogP contribution in [-0.4, -0.2) is 58.9 Å². The van der Waals surface area contributed by atoms with Crippen molar-refractivity contribution < 1.29 is 21.6 Å². The van der Waals surface area contributed by atoms with Crippen LogP contribution in [0.25, 0.3) is 0 Å². The van der Waals surface area contributed by atoms with Crippen LogP contribution in [-0.2, 0) is 23.8 Å². The quantitative estimate of drug-likeness (QED) is 0.630. The smallest absolute Gasteiger partial charge is 0.233 e. The Balaban J connectivity index is 2.58. The Kier molecular flexibility index (Phi) is 4.36. The van der Waals surface area contributed by atoms with Gasteiger partial charge in [0.1, 0.15) is 0 Å². The SMILES string of the molecule is O=S(=O)(Cl)CCS(=O)(=O)N1CCOCC1. The maximum absolute atomic E-state index is 11.6. The minimum atomic E-state index is -3.76. The first-order chi connectivity index (χ1) is 6.81. The molecule has 0 saturated carbocycles. The zero-order chi connectivity index (χ0) is 11.5. The van der Waals surface area contributed by atoms with Crippen LogP contribution < -0.4 is 0 Å². The van der Waals surface area contributed by atoms with E-state index in [2.05, 4.69) is 0 Å². The number of hydrogen-bond donors (Lipinski definition) is 0. The molecule has 0 spiro atoms. The monoisotopic (exact) mass is 277 g/mol.